The molecule has 1 fully saturated rings. The van der Waals surface area contributed by atoms with Crippen LogP contribution in [0.2, 0.25) is 0 Å². The number of rotatable bonds is 6. The molecule has 1 saturated carbocycles. The third kappa shape index (κ3) is 5.73. The summed E-state index contributed by atoms with van der Waals surface area (Å²) in [4.78, 5) is 13.0. The summed E-state index contributed by atoms with van der Waals surface area (Å²) in [6.45, 7) is 0.723. The molecule has 3 nitrogen and oxygen atoms in total. The van der Waals surface area contributed by atoms with E-state index in [0.29, 0.717) is 12.3 Å². The topological polar surface area (TPSA) is 55.1 Å². The van der Waals surface area contributed by atoms with Crippen molar-refractivity contribution < 1.29 is 4.79 Å². The van der Waals surface area contributed by atoms with Crippen LogP contribution in [0.5, 0.6) is 0 Å². The van der Waals surface area contributed by atoms with E-state index in [9.17, 15) is 4.79 Å². The number of hydrogen-bond donors (Lipinski definition) is 2. The molecule has 1 aromatic rings. The molecule has 2 atom stereocenters. The first-order valence-electron chi connectivity index (χ1n) is 6.96. The van der Waals surface area contributed by atoms with Crippen molar-refractivity contribution in [1.82, 2.24) is 5.32 Å². The van der Waals surface area contributed by atoms with Crippen molar-refractivity contribution in [3.63, 3.8) is 0 Å². The normalized spacial score (nSPS) is 21.2. The van der Waals surface area contributed by atoms with Crippen LogP contribution in [0.15, 0.2) is 35.2 Å². The lowest BCUT2D eigenvalue weighted by Crippen LogP contribution is -2.32. The van der Waals surface area contributed by atoms with Crippen LogP contribution in [-0.4, -0.2) is 24.2 Å². The quantitative estimate of drug-likeness (QED) is 0.627. The molecule has 0 unspecified atom stereocenters. The Bertz CT molecular complexity index is 402. The van der Waals surface area contributed by atoms with E-state index < -0.39 is 0 Å². The fourth-order valence-electron chi connectivity index (χ4n) is 2.51. The van der Waals surface area contributed by atoms with Gasteiger partial charge in [0.05, 0.1) is 0 Å². The molecule has 0 saturated heterocycles. The average molecular weight is 315 g/mol. The van der Waals surface area contributed by atoms with E-state index in [1.54, 1.807) is 11.8 Å². The van der Waals surface area contributed by atoms with Crippen LogP contribution in [0.25, 0.3) is 0 Å². The lowest BCUT2D eigenvalue weighted by Gasteiger charge is -2.14. The van der Waals surface area contributed by atoms with E-state index in [1.165, 1.54) is 11.3 Å². The molecule has 0 heterocycles. The first-order valence-corrected chi connectivity index (χ1v) is 7.94. The maximum Gasteiger partial charge on any atom is 0.220 e. The highest BCUT2D eigenvalue weighted by Crippen LogP contribution is 2.26. The molecule has 20 heavy (non-hydrogen) atoms. The minimum Gasteiger partial charge on any atom is -0.355 e. The Kier molecular flexibility index (Phi) is 8.04. The highest BCUT2D eigenvalue weighted by molar-refractivity contribution is 7.99. The number of halogens is 1. The van der Waals surface area contributed by atoms with Gasteiger partial charge in [0.25, 0.3) is 0 Å². The predicted molar refractivity (Wildman–Crippen MR) is 87.4 cm³/mol. The molecule has 112 valence electrons. The van der Waals surface area contributed by atoms with Gasteiger partial charge in [0.2, 0.25) is 5.91 Å². The third-order valence-electron chi connectivity index (χ3n) is 3.60. The Hall–Kier alpha value is -0.710. The molecular weight excluding hydrogens is 292 g/mol. The van der Waals surface area contributed by atoms with Crippen LogP contribution in [0.4, 0.5) is 0 Å². The second-order valence-corrected chi connectivity index (χ2v) is 6.24. The van der Waals surface area contributed by atoms with E-state index in [1.807, 2.05) is 18.2 Å². The second-order valence-electron chi connectivity index (χ2n) is 5.07. The lowest BCUT2D eigenvalue weighted by atomic mass is 10.00. The Labute approximate surface area is 131 Å². The van der Waals surface area contributed by atoms with Crippen molar-refractivity contribution in [2.45, 2.75) is 36.6 Å². The zero-order valence-corrected chi connectivity index (χ0v) is 13.2. The zero-order valence-electron chi connectivity index (χ0n) is 11.6. The standard InChI is InChI=1S/C15H22N2OS.ClH/c16-14-8-4-5-12(14)11-15(18)17-9-10-19-13-6-2-1-3-7-13;/h1-3,6-7,12,14H,4-5,8-11,16H2,(H,17,18);1H/t12-,14+;/m0./s1. The first-order chi connectivity index (χ1) is 9.25. The van der Waals surface area contributed by atoms with E-state index in [4.69, 9.17) is 5.73 Å². The summed E-state index contributed by atoms with van der Waals surface area (Å²) in [5.74, 6) is 1.45. The van der Waals surface area contributed by atoms with Crippen LogP contribution >= 0.6 is 24.2 Å². The van der Waals surface area contributed by atoms with Crippen molar-refractivity contribution in [3.05, 3.63) is 30.3 Å². The van der Waals surface area contributed by atoms with Crippen molar-refractivity contribution >= 4 is 30.1 Å². The van der Waals surface area contributed by atoms with Gasteiger partial charge in [0, 0.05) is 29.7 Å². The minimum atomic E-state index is 0. The van der Waals surface area contributed by atoms with Crippen molar-refractivity contribution in [2.75, 3.05) is 12.3 Å². The average Bonchev–Trinajstić information content (AvgIpc) is 2.82. The van der Waals surface area contributed by atoms with Gasteiger partial charge in [-0.2, -0.15) is 0 Å². The number of nitrogens with one attached hydrogen (secondary N) is 1. The lowest BCUT2D eigenvalue weighted by molar-refractivity contribution is -0.121. The maximum atomic E-state index is 11.8. The van der Waals surface area contributed by atoms with Crippen molar-refractivity contribution in [2.24, 2.45) is 11.7 Å². The van der Waals surface area contributed by atoms with Gasteiger partial charge in [0.1, 0.15) is 0 Å². The highest BCUT2D eigenvalue weighted by Gasteiger charge is 2.25. The van der Waals surface area contributed by atoms with E-state index in [-0.39, 0.29) is 24.4 Å². The summed E-state index contributed by atoms with van der Waals surface area (Å²) in [7, 11) is 0. The van der Waals surface area contributed by atoms with Gasteiger partial charge in [0.15, 0.2) is 0 Å². The SMILES string of the molecule is Cl.N[C@@H]1CCC[C@H]1CC(=O)NCCSc1ccccc1. The molecule has 5 heteroatoms. The van der Waals surface area contributed by atoms with Crippen molar-refractivity contribution in [1.29, 1.82) is 0 Å². The number of carbonyl (C=O) groups is 1. The van der Waals surface area contributed by atoms with Gasteiger partial charge in [-0.1, -0.05) is 24.6 Å². The van der Waals surface area contributed by atoms with E-state index in [2.05, 4.69) is 17.4 Å². The van der Waals surface area contributed by atoms with Gasteiger partial charge in [-0.05, 0) is 30.9 Å². The fourth-order valence-corrected chi connectivity index (χ4v) is 3.29. The Morgan fingerprint density at radius 3 is 2.70 bits per heavy atom. The largest absolute Gasteiger partial charge is 0.355 e. The number of benzene rings is 1. The smallest absolute Gasteiger partial charge is 0.220 e. The van der Waals surface area contributed by atoms with Crippen LogP contribution in [0, 0.1) is 5.92 Å². The summed E-state index contributed by atoms with van der Waals surface area (Å²) in [5.41, 5.74) is 5.97. The second kappa shape index (κ2) is 9.27. The van der Waals surface area contributed by atoms with Crippen LogP contribution in [-0.2, 0) is 4.79 Å². The molecule has 1 amide bonds. The molecule has 1 aliphatic rings. The highest BCUT2D eigenvalue weighted by atomic mass is 35.5. The van der Waals surface area contributed by atoms with Crippen LogP contribution < -0.4 is 11.1 Å². The van der Waals surface area contributed by atoms with Crippen molar-refractivity contribution in [3.8, 4) is 0 Å². The molecule has 2 rings (SSSR count). The molecule has 0 bridgehead atoms. The number of nitrogens with two attached hydrogens (primary N) is 1. The predicted octanol–water partition coefficient (Wildman–Crippen LogP) is 2.83. The molecule has 1 aromatic carbocycles. The molecule has 0 aromatic heterocycles. The van der Waals surface area contributed by atoms with E-state index in [0.717, 1.165) is 25.1 Å². The summed E-state index contributed by atoms with van der Waals surface area (Å²) >= 11 is 1.77. The number of hydrogen-bond acceptors (Lipinski definition) is 3. The monoisotopic (exact) mass is 314 g/mol. The van der Waals surface area contributed by atoms with Gasteiger partial charge in [-0.25, -0.2) is 0 Å². The van der Waals surface area contributed by atoms with Crippen LogP contribution in [0.1, 0.15) is 25.7 Å². The Morgan fingerprint density at radius 2 is 2.05 bits per heavy atom. The summed E-state index contributed by atoms with van der Waals surface area (Å²) < 4.78 is 0. The van der Waals surface area contributed by atoms with Gasteiger partial charge >= 0.3 is 0 Å². The number of carbonyl (C=O) groups excluding carboxylic acids is 1. The summed E-state index contributed by atoms with van der Waals surface area (Å²) in [5, 5.41) is 2.99. The number of amides is 1. The third-order valence-corrected chi connectivity index (χ3v) is 4.62. The Balaban J connectivity index is 0.00000200. The molecule has 0 radical (unpaired) electrons. The molecule has 0 aliphatic heterocycles. The molecule has 3 N–H and O–H groups in total. The summed E-state index contributed by atoms with van der Waals surface area (Å²) in [6.07, 6.45) is 3.94. The molecule has 0 spiro atoms. The summed E-state index contributed by atoms with van der Waals surface area (Å²) in [6, 6.07) is 10.5. The number of thioether (sulfide) groups is 1. The molecule has 1 aliphatic carbocycles. The van der Waals surface area contributed by atoms with Gasteiger partial charge in [-0.3, -0.25) is 4.79 Å². The van der Waals surface area contributed by atoms with Gasteiger partial charge < -0.3 is 11.1 Å². The molecular formula is C15H23ClN2OS. The van der Waals surface area contributed by atoms with E-state index >= 15 is 0 Å². The van der Waals surface area contributed by atoms with Gasteiger partial charge in [-0.15, -0.1) is 24.2 Å². The zero-order chi connectivity index (χ0) is 13.5. The first kappa shape index (κ1) is 17.3. The minimum absolute atomic E-state index is 0. The van der Waals surface area contributed by atoms with Crippen LogP contribution in [0.3, 0.4) is 0 Å². The maximum absolute atomic E-state index is 11.8. The fraction of sp³-hybridized carbons (Fsp3) is 0.533. The Morgan fingerprint density at radius 1 is 1.30 bits per heavy atom.